The van der Waals surface area contributed by atoms with Gasteiger partial charge in [-0.3, -0.25) is 9.20 Å². The van der Waals surface area contributed by atoms with Crippen molar-refractivity contribution in [1.29, 1.82) is 0 Å². The fourth-order valence-electron chi connectivity index (χ4n) is 4.71. The molecular formula is C25H30N6O. The minimum Gasteiger partial charge on any atom is -0.351 e. The topological polar surface area (TPSA) is 78.3 Å². The number of likely N-dealkylation sites (N-methyl/N-ethyl adjacent to an activating group) is 1. The van der Waals surface area contributed by atoms with Crippen LogP contribution in [0.5, 0.6) is 0 Å². The van der Waals surface area contributed by atoms with E-state index < -0.39 is 0 Å². The molecule has 0 bridgehead atoms. The number of aromatic nitrogens is 4. The maximum atomic E-state index is 12.5. The second-order valence-corrected chi connectivity index (χ2v) is 8.98. The molecule has 1 aliphatic rings. The van der Waals surface area contributed by atoms with Crippen LogP contribution in [0, 0.1) is 0 Å². The minimum absolute atomic E-state index is 0.0494. The average molecular weight is 431 g/mol. The quantitative estimate of drug-likeness (QED) is 0.480. The Labute approximate surface area is 187 Å². The number of benzene rings is 1. The van der Waals surface area contributed by atoms with Crippen molar-refractivity contribution in [2.75, 3.05) is 27.2 Å². The summed E-state index contributed by atoms with van der Waals surface area (Å²) in [5.74, 6) is 1.55. The van der Waals surface area contributed by atoms with Crippen molar-refractivity contribution < 1.29 is 4.79 Å². The first-order valence-electron chi connectivity index (χ1n) is 11.5. The second-order valence-electron chi connectivity index (χ2n) is 8.98. The van der Waals surface area contributed by atoms with Crippen LogP contribution in [0.4, 0.5) is 0 Å². The molecule has 0 radical (unpaired) electrons. The zero-order valence-corrected chi connectivity index (χ0v) is 18.8. The van der Waals surface area contributed by atoms with Crippen LogP contribution in [-0.2, 0) is 0 Å². The van der Waals surface area contributed by atoms with E-state index in [4.69, 9.17) is 4.98 Å². The van der Waals surface area contributed by atoms with Gasteiger partial charge in [0.15, 0.2) is 5.65 Å². The molecule has 1 saturated carbocycles. The molecule has 0 aliphatic heterocycles. The molecule has 0 atom stereocenters. The molecular weight excluding hydrogens is 400 g/mol. The van der Waals surface area contributed by atoms with E-state index in [-0.39, 0.29) is 5.91 Å². The SMILES string of the molecule is CN(C)CCNC(=O)c1ccc(-c2nc(C3CCCCC3)n3c2cnc2[nH]ccc23)cc1. The first-order valence-corrected chi connectivity index (χ1v) is 11.5. The lowest BCUT2D eigenvalue weighted by atomic mass is 9.89. The smallest absolute Gasteiger partial charge is 0.251 e. The summed E-state index contributed by atoms with van der Waals surface area (Å²) in [5, 5.41) is 2.97. The zero-order valence-electron chi connectivity index (χ0n) is 18.8. The van der Waals surface area contributed by atoms with Crippen LogP contribution in [-0.4, -0.2) is 57.3 Å². The van der Waals surface area contributed by atoms with Gasteiger partial charge in [-0.15, -0.1) is 0 Å². The van der Waals surface area contributed by atoms with E-state index in [0.29, 0.717) is 18.0 Å². The number of hydrogen-bond acceptors (Lipinski definition) is 4. The summed E-state index contributed by atoms with van der Waals surface area (Å²) in [4.78, 5) is 27.5. The Morgan fingerprint density at radius 2 is 1.91 bits per heavy atom. The second kappa shape index (κ2) is 8.74. The molecule has 7 nitrogen and oxygen atoms in total. The summed E-state index contributed by atoms with van der Waals surface area (Å²) < 4.78 is 2.28. The normalized spacial score (nSPS) is 15.1. The number of aromatic amines is 1. The fraction of sp³-hybridized carbons (Fsp3) is 0.400. The lowest BCUT2D eigenvalue weighted by Crippen LogP contribution is -2.31. The molecule has 0 unspecified atom stereocenters. The molecule has 1 aliphatic carbocycles. The largest absolute Gasteiger partial charge is 0.351 e. The van der Waals surface area contributed by atoms with Gasteiger partial charge in [-0.25, -0.2) is 9.97 Å². The van der Waals surface area contributed by atoms with Gasteiger partial charge in [-0.2, -0.15) is 0 Å². The van der Waals surface area contributed by atoms with Crippen molar-refractivity contribution in [2.24, 2.45) is 0 Å². The van der Waals surface area contributed by atoms with Gasteiger partial charge in [0.1, 0.15) is 5.82 Å². The van der Waals surface area contributed by atoms with Crippen molar-refractivity contribution >= 4 is 22.6 Å². The molecule has 5 rings (SSSR count). The summed E-state index contributed by atoms with van der Waals surface area (Å²) in [5.41, 5.74) is 5.56. The molecule has 1 fully saturated rings. The van der Waals surface area contributed by atoms with Gasteiger partial charge in [0.05, 0.1) is 22.9 Å². The Hall–Kier alpha value is -3.19. The number of fused-ring (bicyclic) bond motifs is 3. The van der Waals surface area contributed by atoms with E-state index in [2.05, 4.69) is 25.8 Å². The standard InChI is InChI=1S/C25H30N6O/c1-30(2)15-14-27-25(32)19-10-8-17(9-11-19)22-21-16-28-23-20(12-13-26-23)31(21)24(29-22)18-6-4-3-5-7-18/h8-13,16,18,26H,3-7,14-15H2,1-2H3,(H,27,32). The lowest BCUT2D eigenvalue weighted by Gasteiger charge is -2.20. The first-order chi connectivity index (χ1) is 15.6. The number of hydrogen-bond donors (Lipinski definition) is 2. The minimum atomic E-state index is -0.0494. The van der Waals surface area contributed by atoms with E-state index in [0.717, 1.165) is 40.3 Å². The van der Waals surface area contributed by atoms with Crippen molar-refractivity contribution in [2.45, 2.75) is 38.0 Å². The maximum absolute atomic E-state index is 12.5. The molecule has 0 spiro atoms. The van der Waals surface area contributed by atoms with E-state index >= 15 is 0 Å². The third-order valence-corrected chi connectivity index (χ3v) is 6.44. The van der Waals surface area contributed by atoms with E-state index in [9.17, 15) is 4.79 Å². The number of nitrogens with one attached hydrogen (secondary N) is 2. The van der Waals surface area contributed by atoms with Crippen LogP contribution < -0.4 is 5.32 Å². The van der Waals surface area contributed by atoms with E-state index in [1.165, 1.54) is 32.1 Å². The molecule has 0 saturated heterocycles. The molecule has 3 heterocycles. The molecule has 32 heavy (non-hydrogen) atoms. The number of H-pyrrole nitrogens is 1. The molecule has 1 amide bonds. The van der Waals surface area contributed by atoms with Crippen LogP contribution in [0.15, 0.2) is 42.7 Å². The molecule has 1 aromatic carbocycles. The Balaban J connectivity index is 1.51. The average Bonchev–Trinajstić information content (AvgIpc) is 3.44. The Morgan fingerprint density at radius 1 is 1.12 bits per heavy atom. The maximum Gasteiger partial charge on any atom is 0.251 e. The molecule has 166 valence electrons. The predicted molar refractivity (Wildman–Crippen MR) is 127 cm³/mol. The van der Waals surface area contributed by atoms with Crippen LogP contribution >= 0.6 is 0 Å². The van der Waals surface area contributed by atoms with Gasteiger partial charge in [-0.1, -0.05) is 31.4 Å². The molecule has 7 heteroatoms. The van der Waals surface area contributed by atoms with Gasteiger partial charge < -0.3 is 15.2 Å². The van der Waals surface area contributed by atoms with Crippen LogP contribution in [0.25, 0.3) is 27.9 Å². The van der Waals surface area contributed by atoms with Crippen molar-refractivity contribution in [3.63, 3.8) is 0 Å². The van der Waals surface area contributed by atoms with Crippen molar-refractivity contribution in [1.82, 2.24) is 29.6 Å². The highest BCUT2D eigenvalue weighted by Crippen LogP contribution is 2.36. The third kappa shape index (κ3) is 3.88. The highest BCUT2D eigenvalue weighted by molar-refractivity contribution is 5.95. The Bertz CT molecular complexity index is 1230. The summed E-state index contributed by atoms with van der Waals surface area (Å²) in [6, 6.07) is 9.83. The van der Waals surface area contributed by atoms with Gasteiger partial charge in [-0.05, 0) is 45.1 Å². The highest BCUT2D eigenvalue weighted by atomic mass is 16.1. The summed E-state index contributed by atoms with van der Waals surface area (Å²) in [6.45, 7) is 1.44. The summed E-state index contributed by atoms with van der Waals surface area (Å²) in [7, 11) is 3.99. The molecule has 2 N–H and O–H groups in total. The van der Waals surface area contributed by atoms with E-state index in [1.54, 1.807) is 0 Å². The van der Waals surface area contributed by atoms with Crippen molar-refractivity contribution in [3.05, 3.63) is 54.1 Å². The van der Waals surface area contributed by atoms with Gasteiger partial charge in [0.25, 0.3) is 5.91 Å². The number of carbonyl (C=O) groups is 1. The number of nitrogens with zero attached hydrogens (tertiary/aromatic N) is 4. The number of imidazole rings is 1. The molecule has 3 aromatic heterocycles. The van der Waals surface area contributed by atoms with Crippen LogP contribution in [0.1, 0.15) is 54.2 Å². The van der Waals surface area contributed by atoms with Crippen molar-refractivity contribution in [3.8, 4) is 11.3 Å². The van der Waals surface area contributed by atoms with Gasteiger partial charge in [0.2, 0.25) is 0 Å². The highest BCUT2D eigenvalue weighted by Gasteiger charge is 2.24. The monoisotopic (exact) mass is 430 g/mol. The lowest BCUT2D eigenvalue weighted by molar-refractivity contribution is 0.0951. The Morgan fingerprint density at radius 3 is 2.66 bits per heavy atom. The summed E-state index contributed by atoms with van der Waals surface area (Å²) >= 11 is 0. The number of rotatable bonds is 6. The number of amides is 1. The Kier molecular flexibility index (Phi) is 5.66. The van der Waals surface area contributed by atoms with Gasteiger partial charge >= 0.3 is 0 Å². The number of carbonyl (C=O) groups excluding carboxylic acids is 1. The third-order valence-electron chi connectivity index (χ3n) is 6.44. The predicted octanol–water partition coefficient (Wildman–Crippen LogP) is 4.22. The fourth-order valence-corrected chi connectivity index (χ4v) is 4.71. The summed E-state index contributed by atoms with van der Waals surface area (Å²) in [6.07, 6.45) is 10.0. The molecule has 4 aromatic rings. The van der Waals surface area contributed by atoms with E-state index in [1.807, 2.05) is 55.7 Å². The van der Waals surface area contributed by atoms with Crippen LogP contribution in [0.2, 0.25) is 0 Å². The van der Waals surface area contributed by atoms with Crippen LogP contribution in [0.3, 0.4) is 0 Å². The van der Waals surface area contributed by atoms with Gasteiger partial charge in [0, 0.05) is 36.3 Å². The zero-order chi connectivity index (χ0) is 22.1. The first kappa shape index (κ1) is 20.7.